The van der Waals surface area contributed by atoms with Gasteiger partial charge in [-0.25, -0.2) is 0 Å². The number of benzene rings is 1. The number of nitrogens with two attached hydrogens (primary N) is 1. The number of amides is 1. The molecule has 0 fully saturated rings. The van der Waals surface area contributed by atoms with Crippen LogP contribution in [-0.2, 0) is 5.41 Å². The molecule has 0 saturated carbocycles. The van der Waals surface area contributed by atoms with Crippen LogP contribution in [0, 0.1) is 0 Å². The van der Waals surface area contributed by atoms with Crippen LogP contribution in [0.25, 0.3) is 10.9 Å². The monoisotopic (exact) mass is 217 g/mol. The van der Waals surface area contributed by atoms with Crippen molar-refractivity contribution in [1.82, 2.24) is 10.2 Å². The second-order valence-corrected chi connectivity index (χ2v) is 4.95. The minimum Gasteiger partial charge on any atom is -0.364 e. The standard InChI is InChI=1S/C12H15N3O/c1-12(2,3)7-4-5-8-9(6-7)14-15-10(8)11(13)16/h4-6H,1-3H3,(H2,13,16)(H,14,15). The number of nitrogens with one attached hydrogen (secondary N) is 1. The number of H-pyrrole nitrogens is 1. The van der Waals surface area contributed by atoms with Crippen molar-refractivity contribution < 1.29 is 4.79 Å². The molecule has 2 aromatic rings. The number of fused-ring (bicyclic) bond motifs is 1. The number of hydrogen-bond donors (Lipinski definition) is 2. The van der Waals surface area contributed by atoms with E-state index in [1.807, 2.05) is 18.2 Å². The van der Waals surface area contributed by atoms with E-state index in [2.05, 4.69) is 31.0 Å². The summed E-state index contributed by atoms with van der Waals surface area (Å²) in [5.41, 5.74) is 7.65. The first-order valence-electron chi connectivity index (χ1n) is 5.18. The van der Waals surface area contributed by atoms with E-state index in [1.165, 1.54) is 5.56 Å². The number of rotatable bonds is 1. The molecule has 4 nitrogen and oxygen atoms in total. The second-order valence-electron chi connectivity index (χ2n) is 4.95. The number of primary amides is 1. The van der Waals surface area contributed by atoms with E-state index in [1.54, 1.807) is 0 Å². The second kappa shape index (κ2) is 3.33. The summed E-state index contributed by atoms with van der Waals surface area (Å²) >= 11 is 0. The normalized spacial score (nSPS) is 11.9. The van der Waals surface area contributed by atoms with Gasteiger partial charge >= 0.3 is 0 Å². The highest BCUT2D eigenvalue weighted by atomic mass is 16.1. The molecule has 4 heteroatoms. The molecule has 1 amide bonds. The molecule has 0 spiro atoms. The largest absolute Gasteiger partial charge is 0.364 e. The van der Waals surface area contributed by atoms with Crippen LogP contribution in [0.3, 0.4) is 0 Å². The number of carbonyl (C=O) groups is 1. The fourth-order valence-corrected chi connectivity index (χ4v) is 1.67. The first kappa shape index (κ1) is 10.7. The van der Waals surface area contributed by atoms with Gasteiger partial charge in [-0.15, -0.1) is 0 Å². The van der Waals surface area contributed by atoms with Gasteiger partial charge in [0.1, 0.15) is 0 Å². The molecule has 1 aromatic heterocycles. The zero-order chi connectivity index (χ0) is 11.9. The van der Waals surface area contributed by atoms with Gasteiger partial charge in [0.2, 0.25) is 0 Å². The Kier molecular flexibility index (Phi) is 2.22. The summed E-state index contributed by atoms with van der Waals surface area (Å²) in [5.74, 6) is -0.505. The lowest BCUT2D eigenvalue weighted by molar-refractivity contribution is 0.0997. The first-order chi connectivity index (χ1) is 7.39. The molecular weight excluding hydrogens is 202 g/mol. The smallest absolute Gasteiger partial charge is 0.269 e. The summed E-state index contributed by atoms with van der Waals surface area (Å²) in [6, 6.07) is 5.90. The fraction of sp³-hybridized carbons (Fsp3) is 0.333. The molecule has 2 rings (SSSR count). The molecule has 1 heterocycles. The van der Waals surface area contributed by atoms with Crippen LogP contribution in [0.5, 0.6) is 0 Å². The zero-order valence-corrected chi connectivity index (χ0v) is 9.66. The van der Waals surface area contributed by atoms with E-state index in [-0.39, 0.29) is 5.41 Å². The highest BCUT2D eigenvalue weighted by molar-refractivity contribution is 6.03. The lowest BCUT2D eigenvalue weighted by atomic mass is 9.86. The van der Waals surface area contributed by atoms with E-state index >= 15 is 0 Å². The van der Waals surface area contributed by atoms with Crippen LogP contribution in [0.1, 0.15) is 36.8 Å². The fourth-order valence-electron chi connectivity index (χ4n) is 1.67. The minimum atomic E-state index is -0.505. The molecule has 0 aliphatic carbocycles. The molecule has 84 valence electrons. The molecule has 0 bridgehead atoms. The number of hydrogen-bond acceptors (Lipinski definition) is 2. The van der Waals surface area contributed by atoms with Crippen molar-refractivity contribution in [3.05, 3.63) is 29.5 Å². The van der Waals surface area contributed by atoms with E-state index < -0.39 is 5.91 Å². The van der Waals surface area contributed by atoms with Crippen molar-refractivity contribution in [1.29, 1.82) is 0 Å². The predicted molar refractivity (Wildman–Crippen MR) is 63.3 cm³/mol. The maximum Gasteiger partial charge on any atom is 0.269 e. The Morgan fingerprint density at radius 3 is 2.62 bits per heavy atom. The van der Waals surface area contributed by atoms with Crippen LogP contribution in [0.2, 0.25) is 0 Å². The van der Waals surface area contributed by atoms with E-state index in [4.69, 9.17) is 5.73 Å². The van der Waals surface area contributed by atoms with Crippen molar-refractivity contribution in [2.45, 2.75) is 26.2 Å². The average Bonchev–Trinajstić information content (AvgIpc) is 2.58. The van der Waals surface area contributed by atoms with Gasteiger partial charge in [0.15, 0.2) is 5.69 Å². The Morgan fingerprint density at radius 2 is 2.06 bits per heavy atom. The molecule has 1 aromatic carbocycles. The Bertz CT molecular complexity index is 549. The predicted octanol–water partition coefficient (Wildman–Crippen LogP) is 1.96. The average molecular weight is 217 g/mol. The van der Waals surface area contributed by atoms with Gasteiger partial charge in [0.25, 0.3) is 5.91 Å². The van der Waals surface area contributed by atoms with Gasteiger partial charge in [0, 0.05) is 5.39 Å². The van der Waals surface area contributed by atoms with E-state index in [0.29, 0.717) is 5.69 Å². The van der Waals surface area contributed by atoms with Gasteiger partial charge in [-0.05, 0) is 17.0 Å². The van der Waals surface area contributed by atoms with Gasteiger partial charge in [-0.2, -0.15) is 5.10 Å². The van der Waals surface area contributed by atoms with Crippen molar-refractivity contribution >= 4 is 16.8 Å². The quantitative estimate of drug-likeness (QED) is 0.766. The van der Waals surface area contributed by atoms with Crippen molar-refractivity contribution in [3.8, 4) is 0 Å². The van der Waals surface area contributed by atoms with Crippen molar-refractivity contribution in [2.75, 3.05) is 0 Å². The molecule has 0 atom stereocenters. The van der Waals surface area contributed by atoms with E-state index in [0.717, 1.165) is 10.9 Å². The lowest BCUT2D eigenvalue weighted by Crippen LogP contribution is -2.12. The molecule has 0 unspecified atom stereocenters. The molecular formula is C12H15N3O. The molecule has 0 radical (unpaired) electrons. The third kappa shape index (κ3) is 1.66. The molecule has 0 aliphatic rings. The number of aromatic amines is 1. The van der Waals surface area contributed by atoms with Gasteiger partial charge < -0.3 is 5.73 Å². The molecule has 3 N–H and O–H groups in total. The van der Waals surface area contributed by atoms with Crippen LogP contribution in [0.4, 0.5) is 0 Å². The number of aromatic nitrogens is 2. The maximum absolute atomic E-state index is 11.1. The molecule has 0 saturated heterocycles. The maximum atomic E-state index is 11.1. The molecule has 16 heavy (non-hydrogen) atoms. The summed E-state index contributed by atoms with van der Waals surface area (Å²) < 4.78 is 0. The van der Waals surface area contributed by atoms with E-state index in [9.17, 15) is 4.79 Å². The Morgan fingerprint density at radius 1 is 1.38 bits per heavy atom. The van der Waals surface area contributed by atoms with Crippen LogP contribution in [-0.4, -0.2) is 16.1 Å². The summed E-state index contributed by atoms with van der Waals surface area (Å²) in [4.78, 5) is 11.1. The number of carbonyl (C=O) groups excluding carboxylic acids is 1. The van der Waals surface area contributed by atoms with Crippen LogP contribution >= 0.6 is 0 Å². The third-order valence-corrected chi connectivity index (χ3v) is 2.66. The summed E-state index contributed by atoms with van der Waals surface area (Å²) in [5, 5.41) is 7.53. The number of nitrogens with zero attached hydrogens (tertiary/aromatic N) is 1. The van der Waals surface area contributed by atoms with Crippen molar-refractivity contribution in [2.24, 2.45) is 5.73 Å². The van der Waals surface area contributed by atoms with Crippen LogP contribution < -0.4 is 5.73 Å². The Balaban J connectivity index is 2.62. The summed E-state index contributed by atoms with van der Waals surface area (Å²) in [6.07, 6.45) is 0. The topological polar surface area (TPSA) is 71.8 Å². The highest BCUT2D eigenvalue weighted by Crippen LogP contribution is 2.26. The van der Waals surface area contributed by atoms with Crippen LogP contribution in [0.15, 0.2) is 18.2 Å². The Labute approximate surface area is 93.8 Å². The zero-order valence-electron chi connectivity index (χ0n) is 9.66. The highest BCUT2D eigenvalue weighted by Gasteiger charge is 2.16. The summed E-state index contributed by atoms with van der Waals surface area (Å²) in [6.45, 7) is 6.42. The lowest BCUT2D eigenvalue weighted by Gasteiger charge is -2.18. The Hall–Kier alpha value is -1.84. The third-order valence-electron chi connectivity index (χ3n) is 2.66. The van der Waals surface area contributed by atoms with Gasteiger partial charge in [0.05, 0.1) is 5.52 Å². The minimum absolute atomic E-state index is 0.0756. The van der Waals surface area contributed by atoms with Gasteiger partial charge in [-0.3, -0.25) is 9.89 Å². The SMILES string of the molecule is CC(C)(C)c1ccc2c(C(N)=O)n[nH]c2c1. The van der Waals surface area contributed by atoms with Gasteiger partial charge in [-0.1, -0.05) is 32.9 Å². The molecule has 0 aliphatic heterocycles. The summed E-state index contributed by atoms with van der Waals surface area (Å²) in [7, 11) is 0. The first-order valence-corrected chi connectivity index (χ1v) is 5.18. The van der Waals surface area contributed by atoms with Crippen molar-refractivity contribution in [3.63, 3.8) is 0 Å².